The fraction of sp³-hybridized carbons (Fsp3) is 0.600. The normalized spacial score (nSPS) is 12.1. The molecule has 1 aromatic heterocycles. The van der Waals surface area contributed by atoms with Crippen LogP contribution in [0.3, 0.4) is 0 Å². The van der Waals surface area contributed by atoms with Gasteiger partial charge in [0.15, 0.2) is 5.76 Å². The van der Waals surface area contributed by atoms with E-state index in [9.17, 15) is 10.3 Å². The monoisotopic (exact) mass is 292 g/mol. The first kappa shape index (κ1) is 16.6. The highest BCUT2D eigenvalue weighted by molar-refractivity contribution is 7.16. The van der Waals surface area contributed by atoms with Crippen molar-refractivity contribution in [2.45, 2.75) is 58.2 Å². The molecule has 0 bridgehead atoms. The summed E-state index contributed by atoms with van der Waals surface area (Å²) in [6.07, 6.45) is 1.46. The highest BCUT2D eigenvalue weighted by Crippen LogP contribution is 2.42. The lowest BCUT2D eigenvalue weighted by atomic mass is 10.3. The van der Waals surface area contributed by atoms with Gasteiger partial charge in [0.1, 0.15) is 0 Å². The molecule has 5 heteroatoms. The number of carbonyl (C=O) groups excluding carboxylic acids is 1. The Morgan fingerprint density at radius 1 is 1.15 bits per heavy atom. The van der Waals surface area contributed by atoms with Crippen LogP contribution >= 0.6 is 0 Å². The molecule has 0 aromatic carbocycles. The molecule has 0 amide bonds. The Morgan fingerprint density at radius 2 is 1.65 bits per heavy atom. The van der Waals surface area contributed by atoms with Crippen LogP contribution in [0.25, 0.3) is 5.53 Å². The maximum absolute atomic E-state index is 12.6. The molecule has 0 aliphatic carbocycles. The third kappa shape index (κ3) is 2.56. The summed E-state index contributed by atoms with van der Waals surface area (Å²) in [6, 6.07) is 3.29. The molecule has 0 spiro atoms. The van der Waals surface area contributed by atoms with Gasteiger partial charge in [-0.3, -0.25) is 4.79 Å². The van der Waals surface area contributed by atoms with E-state index in [4.69, 9.17) is 4.42 Å². The fourth-order valence-corrected chi connectivity index (χ4v) is 10.0. The summed E-state index contributed by atoms with van der Waals surface area (Å²) in [6.45, 7) is 12.7. The number of hydrogen-bond acceptors (Lipinski definition) is 2. The molecule has 20 heavy (non-hydrogen) atoms. The molecule has 0 saturated carbocycles. The first-order valence-corrected chi connectivity index (χ1v) is 9.34. The zero-order valence-electron chi connectivity index (χ0n) is 13.2. The summed E-state index contributed by atoms with van der Waals surface area (Å²) in [4.78, 5) is 16.1. The van der Waals surface area contributed by atoms with Gasteiger partial charge >= 0.3 is 5.33 Å². The molecule has 0 fully saturated rings. The van der Waals surface area contributed by atoms with Crippen LogP contribution in [0.15, 0.2) is 22.8 Å². The molecule has 1 aromatic rings. The molecule has 110 valence electrons. The molecule has 0 N–H and O–H groups in total. The van der Waals surface area contributed by atoms with Crippen LogP contribution in [0.2, 0.25) is 16.6 Å². The van der Waals surface area contributed by atoms with Crippen molar-refractivity contribution in [2.75, 3.05) is 0 Å². The van der Waals surface area contributed by atoms with Gasteiger partial charge in [0.2, 0.25) is 8.07 Å². The van der Waals surface area contributed by atoms with Gasteiger partial charge in [-0.25, -0.2) is 0 Å². The third-order valence-electron chi connectivity index (χ3n) is 4.34. The summed E-state index contributed by atoms with van der Waals surface area (Å²) in [5.74, 6) is -0.0307. The van der Waals surface area contributed by atoms with Crippen LogP contribution in [-0.2, 0) is 0 Å². The van der Waals surface area contributed by atoms with E-state index in [1.165, 1.54) is 6.26 Å². The highest BCUT2D eigenvalue weighted by Gasteiger charge is 2.56. The molecule has 1 rings (SSSR count). The van der Waals surface area contributed by atoms with Gasteiger partial charge in [-0.05, 0) is 28.8 Å². The van der Waals surface area contributed by atoms with Crippen LogP contribution in [0.5, 0.6) is 0 Å². The Labute approximate surface area is 121 Å². The van der Waals surface area contributed by atoms with Crippen molar-refractivity contribution < 1.29 is 14.0 Å². The van der Waals surface area contributed by atoms with Gasteiger partial charge in [-0.15, -0.1) is 0 Å². The fourth-order valence-electron chi connectivity index (χ4n) is 3.67. The van der Waals surface area contributed by atoms with Gasteiger partial charge in [-0.1, -0.05) is 41.5 Å². The van der Waals surface area contributed by atoms with Gasteiger partial charge in [-0.2, -0.15) is 4.79 Å². The van der Waals surface area contributed by atoms with Crippen LogP contribution in [0, 0.1) is 0 Å². The quantitative estimate of drug-likeness (QED) is 0.257. The average molecular weight is 292 g/mol. The number of carbonyl (C=O) groups is 1. The molecular weight excluding hydrogens is 268 g/mol. The van der Waals surface area contributed by atoms with Gasteiger partial charge < -0.3 is 9.95 Å². The number of hydrogen-bond donors (Lipinski definition) is 0. The maximum atomic E-state index is 12.6. The van der Waals surface area contributed by atoms with E-state index in [0.29, 0.717) is 22.0 Å². The number of rotatable bonds is 6. The van der Waals surface area contributed by atoms with E-state index in [1.54, 1.807) is 12.1 Å². The Hall–Kier alpha value is -1.45. The van der Waals surface area contributed by atoms with Crippen molar-refractivity contribution >= 4 is 19.2 Å². The van der Waals surface area contributed by atoms with Crippen LogP contribution < -0.4 is 0 Å². The minimum atomic E-state index is -2.29. The summed E-state index contributed by atoms with van der Waals surface area (Å²) < 4.78 is 5.19. The standard InChI is InChI=1S/C15H24N2O2Si/c1-10(2)20(11(3)4,12(5)6)15(17-16)14(18)13-8-7-9-19-13/h7-12H,1-6H3. The predicted molar refractivity (Wildman–Crippen MR) is 82.7 cm³/mol. The summed E-state index contributed by atoms with van der Waals surface area (Å²) in [5.41, 5.74) is 10.4. The van der Waals surface area contributed by atoms with Gasteiger partial charge in [0, 0.05) is 0 Å². The minimum absolute atomic E-state index is 0.247. The van der Waals surface area contributed by atoms with E-state index >= 15 is 0 Å². The zero-order chi connectivity index (χ0) is 15.5. The lowest BCUT2D eigenvalue weighted by Gasteiger charge is -2.37. The van der Waals surface area contributed by atoms with Crippen molar-refractivity contribution in [3.8, 4) is 0 Å². The second-order valence-corrected chi connectivity index (χ2v) is 12.0. The Kier molecular flexibility index (Phi) is 5.26. The summed E-state index contributed by atoms with van der Waals surface area (Å²) in [7, 11) is -2.29. The number of furan rings is 1. The van der Waals surface area contributed by atoms with E-state index < -0.39 is 8.07 Å². The highest BCUT2D eigenvalue weighted by atomic mass is 28.3. The zero-order valence-corrected chi connectivity index (χ0v) is 14.2. The van der Waals surface area contributed by atoms with Crippen molar-refractivity contribution in [3.63, 3.8) is 0 Å². The smallest absolute Gasteiger partial charge is 0.309 e. The minimum Gasteiger partial charge on any atom is -0.461 e. The maximum Gasteiger partial charge on any atom is 0.309 e. The largest absolute Gasteiger partial charge is 0.461 e. The van der Waals surface area contributed by atoms with Crippen LogP contribution in [-0.4, -0.2) is 24.0 Å². The number of Topliss-reactive ketones (excluding diaryl/α,β-unsaturated/α-hetero) is 1. The molecule has 0 aliphatic rings. The summed E-state index contributed by atoms with van der Waals surface area (Å²) in [5, 5.41) is 0.326. The SMILES string of the molecule is CC(C)[Si](C(=[N+]=[N-])C(=O)c1ccco1)(C(C)C)C(C)C. The first-order valence-electron chi connectivity index (χ1n) is 7.10. The first-order chi connectivity index (χ1) is 9.29. The van der Waals surface area contributed by atoms with Crippen LogP contribution in [0.4, 0.5) is 0 Å². The summed E-state index contributed by atoms with van der Waals surface area (Å²) >= 11 is 0. The second-order valence-electron chi connectivity index (χ2n) is 6.15. The average Bonchev–Trinajstić information content (AvgIpc) is 2.86. The van der Waals surface area contributed by atoms with Crippen molar-refractivity contribution in [1.29, 1.82) is 0 Å². The third-order valence-corrected chi connectivity index (χ3v) is 11.2. The molecule has 0 radical (unpaired) electrons. The molecule has 0 saturated heterocycles. The molecule has 0 aliphatic heterocycles. The lowest BCUT2D eigenvalue weighted by Crippen LogP contribution is -2.56. The molecular formula is C15H24N2O2Si. The number of ketones is 1. The van der Waals surface area contributed by atoms with E-state index in [2.05, 4.69) is 46.3 Å². The van der Waals surface area contributed by atoms with Gasteiger partial charge in [0.25, 0.3) is 5.78 Å². The second kappa shape index (κ2) is 6.33. The topological polar surface area (TPSA) is 66.6 Å². The predicted octanol–water partition coefficient (Wildman–Crippen LogP) is 4.35. The van der Waals surface area contributed by atoms with Crippen molar-refractivity contribution in [1.82, 2.24) is 0 Å². The number of nitrogens with zero attached hydrogens (tertiary/aromatic N) is 2. The van der Waals surface area contributed by atoms with E-state index in [-0.39, 0.29) is 11.5 Å². The van der Waals surface area contributed by atoms with Crippen LogP contribution in [0.1, 0.15) is 52.1 Å². The van der Waals surface area contributed by atoms with Crippen molar-refractivity contribution in [2.24, 2.45) is 0 Å². The Bertz CT molecular complexity index is 490. The molecule has 0 atom stereocenters. The lowest BCUT2D eigenvalue weighted by molar-refractivity contribution is -0.00322. The Balaban J connectivity index is 3.45. The molecule has 0 unspecified atom stereocenters. The van der Waals surface area contributed by atoms with E-state index in [0.717, 1.165) is 0 Å². The van der Waals surface area contributed by atoms with Gasteiger partial charge in [0.05, 0.1) is 6.26 Å². The van der Waals surface area contributed by atoms with E-state index in [1.807, 2.05) is 0 Å². The molecule has 1 heterocycles. The molecule has 4 nitrogen and oxygen atoms in total. The van der Waals surface area contributed by atoms with Crippen molar-refractivity contribution in [3.05, 3.63) is 29.7 Å². The Morgan fingerprint density at radius 3 is 1.95 bits per heavy atom.